The molecule has 5 nitrogen and oxygen atoms in total. The number of carbonyl (C=O) groups excluding carboxylic acids is 1. The lowest BCUT2D eigenvalue weighted by atomic mass is 9.77. The summed E-state index contributed by atoms with van der Waals surface area (Å²) in [5, 5.41) is 3.81. The second kappa shape index (κ2) is 9.09. The van der Waals surface area contributed by atoms with Gasteiger partial charge in [-0.05, 0) is 50.8 Å². The van der Waals surface area contributed by atoms with Crippen LogP contribution in [0.5, 0.6) is 5.75 Å². The van der Waals surface area contributed by atoms with E-state index in [2.05, 4.69) is 16.9 Å². The zero-order valence-corrected chi connectivity index (χ0v) is 18.5. The molecule has 4 rings (SSSR count). The molecular weight excluding hydrogens is 433 g/mol. The number of nitrogens with one attached hydrogen (secondary N) is 2. The van der Waals surface area contributed by atoms with Gasteiger partial charge in [-0.15, -0.1) is 0 Å². The zero-order chi connectivity index (χ0) is 23.8. The Morgan fingerprint density at radius 1 is 1.30 bits per heavy atom. The number of hydrogen-bond donors (Lipinski definition) is 2. The number of benzene rings is 1. The van der Waals surface area contributed by atoms with E-state index in [4.69, 9.17) is 9.47 Å². The van der Waals surface area contributed by atoms with E-state index < -0.39 is 11.7 Å². The van der Waals surface area contributed by atoms with Crippen molar-refractivity contribution in [3.05, 3.63) is 60.3 Å². The molecule has 8 heteroatoms. The highest BCUT2D eigenvalue weighted by atomic mass is 19.4. The first-order chi connectivity index (χ1) is 15.7. The Labute approximate surface area is 190 Å². The number of ether oxygens (including phenoxy) is 2. The molecule has 2 N–H and O–H groups in total. The highest BCUT2D eigenvalue weighted by Crippen LogP contribution is 2.38. The van der Waals surface area contributed by atoms with Crippen molar-refractivity contribution < 1.29 is 27.4 Å². The van der Waals surface area contributed by atoms with Crippen LogP contribution in [0.25, 0.3) is 10.9 Å². The lowest BCUT2D eigenvalue weighted by Crippen LogP contribution is -2.45. The smallest absolute Gasteiger partial charge is 0.416 e. The second-order valence-corrected chi connectivity index (χ2v) is 8.60. The average Bonchev–Trinajstić information content (AvgIpc) is 3.10. The third-order valence-corrected chi connectivity index (χ3v) is 6.39. The Hall–Kier alpha value is -3.00. The SMILES string of the molecule is C=C(/C=C\C(=C/C)C(F)(F)F)C1CC(Oc2ccc3[nH]cc(NC(=O)[C@@H]4CO[C@@H]4C)c3c2)C1. The van der Waals surface area contributed by atoms with E-state index in [-0.39, 0.29) is 30.0 Å². The predicted octanol–water partition coefficient (Wildman–Crippen LogP) is 5.92. The fraction of sp³-hybridized carbons (Fsp3) is 0.400. The van der Waals surface area contributed by atoms with Crippen LogP contribution < -0.4 is 10.1 Å². The average molecular weight is 460 g/mol. The normalized spacial score (nSPS) is 25.5. The van der Waals surface area contributed by atoms with E-state index in [1.165, 1.54) is 13.0 Å². The molecule has 0 radical (unpaired) electrons. The number of aromatic amines is 1. The highest BCUT2D eigenvalue weighted by molar-refractivity contribution is 6.03. The van der Waals surface area contributed by atoms with Crippen LogP contribution in [0.3, 0.4) is 0 Å². The lowest BCUT2D eigenvalue weighted by molar-refractivity contribution is -0.147. The number of alkyl halides is 3. The number of hydrogen-bond acceptors (Lipinski definition) is 3. The molecule has 176 valence electrons. The van der Waals surface area contributed by atoms with Crippen molar-refractivity contribution in [2.75, 3.05) is 11.9 Å². The van der Waals surface area contributed by atoms with Gasteiger partial charge in [0, 0.05) is 17.1 Å². The van der Waals surface area contributed by atoms with Gasteiger partial charge >= 0.3 is 6.18 Å². The van der Waals surface area contributed by atoms with Crippen molar-refractivity contribution in [1.82, 2.24) is 4.98 Å². The Balaban J connectivity index is 1.34. The van der Waals surface area contributed by atoms with Gasteiger partial charge in [0.25, 0.3) is 0 Å². The van der Waals surface area contributed by atoms with Gasteiger partial charge in [0.2, 0.25) is 5.91 Å². The molecule has 0 spiro atoms. The summed E-state index contributed by atoms with van der Waals surface area (Å²) in [6.45, 7) is 7.59. The number of allylic oxidation sites excluding steroid dienone is 5. The molecule has 1 aliphatic heterocycles. The third-order valence-electron chi connectivity index (χ3n) is 6.39. The number of anilines is 1. The third kappa shape index (κ3) is 5.00. The van der Waals surface area contributed by atoms with E-state index in [9.17, 15) is 18.0 Å². The summed E-state index contributed by atoms with van der Waals surface area (Å²) in [6.07, 6.45) is 2.21. The Morgan fingerprint density at radius 3 is 2.67 bits per heavy atom. The largest absolute Gasteiger partial charge is 0.490 e. The Kier molecular flexibility index (Phi) is 6.38. The van der Waals surface area contributed by atoms with E-state index in [1.54, 1.807) is 6.20 Å². The van der Waals surface area contributed by atoms with Gasteiger partial charge in [0.1, 0.15) is 5.75 Å². The second-order valence-electron chi connectivity index (χ2n) is 8.60. The first-order valence-corrected chi connectivity index (χ1v) is 11.0. The number of rotatable bonds is 7. The summed E-state index contributed by atoms with van der Waals surface area (Å²) in [4.78, 5) is 15.6. The van der Waals surface area contributed by atoms with E-state index in [0.717, 1.165) is 23.1 Å². The fourth-order valence-corrected chi connectivity index (χ4v) is 4.02. The van der Waals surface area contributed by atoms with E-state index in [0.29, 0.717) is 36.5 Å². The molecular formula is C25H27F3N2O3. The van der Waals surface area contributed by atoms with Crippen LogP contribution in [-0.2, 0) is 9.53 Å². The van der Waals surface area contributed by atoms with Crippen LogP contribution in [0.2, 0.25) is 0 Å². The molecule has 2 atom stereocenters. The van der Waals surface area contributed by atoms with E-state index >= 15 is 0 Å². The minimum Gasteiger partial charge on any atom is -0.490 e. The van der Waals surface area contributed by atoms with E-state index in [1.807, 2.05) is 25.1 Å². The van der Waals surface area contributed by atoms with Crippen LogP contribution in [0.15, 0.2) is 60.3 Å². The number of fused-ring (bicyclic) bond motifs is 1. The molecule has 2 heterocycles. The van der Waals surface area contributed by atoms with Crippen molar-refractivity contribution in [2.24, 2.45) is 11.8 Å². The lowest BCUT2D eigenvalue weighted by Gasteiger charge is -2.36. The molecule has 2 aliphatic rings. The molecule has 1 saturated heterocycles. The van der Waals surface area contributed by atoms with Gasteiger partial charge in [-0.1, -0.05) is 30.4 Å². The summed E-state index contributed by atoms with van der Waals surface area (Å²) in [7, 11) is 0. The maximum atomic E-state index is 12.8. The van der Waals surface area contributed by atoms with Crippen LogP contribution in [0, 0.1) is 11.8 Å². The summed E-state index contributed by atoms with van der Waals surface area (Å²) >= 11 is 0. The topological polar surface area (TPSA) is 63.3 Å². The minimum atomic E-state index is -4.37. The maximum Gasteiger partial charge on any atom is 0.416 e. The van der Waals surface area contributed by atoms with Crippen LogP contribution in [-0.4, -0.2) is 35.9 Å². The summed E-state index contributed by atoms with van der Waals surface area (Å²) in [5.74, 6) is 0.551. The fourth-order valence-electron chi connectivity index (χ4n) is 4.02. The van der Waals surface area contributed by atoms with Gasteiger partial charge in [-0.2, -0.15) is 13.2 Å². The number of aromatic nitrogens is 1. The van der Waals surface area contributed by atoms with Gasteiger partial charge in [-0.3, -0.25) is 4.79 Å². The highest BCUT2D eigenvalue weighted by Gasteiger charge is 2.35. The molecule has 33 heavy (non-hydrogen) atoms. The number of amides is 1. The summed E-state index contributed by atoms with van der Waals surface area (Å²) < 4.78 is 49.8. The molecule has 0 bridgehead atoms. The van der Waals surface area contributed by atoms with Crippen molar-refractivity contribution in [2.45, 2.75) is 45.1 Å². The Bertz CT molecular complexity index is 1110. The standard InChI is InChI=1S/C25H27F3N2O3/c1-4-17(25(26,27)28)6-5-14(2)16-9-19(10-16)33-18-7-8-22-20(11-18)23(12-29-22)30-24(31)21-13-32-15(21)3/h4-8,11-12,15-16,19,21,29H,2,9-10,13H2,1,3H3,(H,30,31)/b6-5-,17-4+/t15-,16?,19?,21-/m1/s1. The van der Waals surface area contributed by atoms with Crippen molar-refractivity contribution >= 4 is 22.5 Å². The van der Waals surface area contributed by atoms with Crippen molar-refractivity contribution in [1.29, 1.82) is 0 Å². The van der Waals surface area contributed by atoms with Gasteiger partial charge in [-0.25, -0.2) is 0 Å². The molecule has 1 amide bonds. The number of carbonyl (C=O) groups is 1. The molecule has 0 unspecified atom stereocenters. The van der Waals surface area contributed by atoms with Gasteiger partial charge < -0.3 is 19.8 Å². The molecule has 2 aromatic rings. The first-order valence-electron chi connectivity index (χ1n) is 11.0. The van der Waals surface area contributed by atoms with Crippen LogP contribution >= 0.6 is 0 Å². The summed E-state index contributed by atoms with van der Waals surface area (Å²) in [6, 6.07) is 5.63. The number of halogens is 3. The first kappa shape index (κ1) is 23.2. The monoisotopic (exact) mass is 460 g/mol. The molecule has 2 fully saturated rings. The van der Waals surface area contributed by atoms with Crippen molar-refractivity contribution in [3.8, 4) is 5.75 Å². The Morgan fingerprint density at radius 2 is 2.06 bits per heavy atom. The number of H-pyrrole nitrogens is 1. The minimum absolute atomic E-state index is 0.0358. The molecule has 1 aromatic heterocycles. The maximum absolute atomic E-state index is 12.8. The zero-order valence-electron chi connectivity index (χ0n) is 18.5. The van der Waals surface area contributed by atoms with Crippen LogP contribution in [0.1, 0.15) is 26.7 Å². The summed E-state index contributed by atoms with van der Waals surface area (Å²) in [5.41, 5.74) is 1.55. The molecule has 1 aromatic carbocycles. The van der Waals surface area contributed by atoms with Gasteiger partial charge in [0.05, 0.1) is 36.0 Å². The van der Waals surface area contributed by atoms with Gasteiger partial charge in [0.15, 0.2) is 0 Å². The quantitative estimate of drug-likeness (QED) is 0.504. The van der Waals surface area contributed by atoms with Crippen LogP contribution in [0.4, 0.5) is 18.9 Å². The molecule has 1 saturated carbocycles. The molecule has 1 aliphatic carbocycles. The predicted molar refractivity (Wildman–Crippen MR) is 121 cm³/mol. The van der Waals surface area contributed by atoms with Crippen molar-refractivity contribution in [3.63, 3.8) is 0 Å².